The Kier molecular flexibility index (Phi) is 6.95. The number of aromatic nitrogens is 3. The highest BCUT2D eigenvalue weighted by Crippen LogP contribution is 2.21. The van der Waals surface area contributed by atoms with Crippen molar-refractivity contribution in [1.82, 2.24) is 29.9 Å². The average Bonchev–Trinajstić information content (AvgIpc) is 3.07. The Labute approximate surface area is 194 Å². The van der Waals surface area contributed by atoms with Crippen LogP contribution in [0, 0.1) is 13.8 Å². The van der Waals surface area contributed by atoms with Gasteiger partial charge in [0.15, 0.2) is 0 Å². The molecule has 0 saturated carbocycles. The minimum Gasteiger partial charge on any atom is -0.352 e. The fourth-order valence-electron chi connectivity index (χ4n) is 4.69. The van der Waals surface area contributed by atoms with Crippen molar-refractivity contribution in [1.29, 1.82) is 0 Å². The maximum absolute atomic E-state index is 12.6. The van der Waals surface area contributed by atoms with Crippen LogP contribution in [0.3, 0.4) is 0 Å². The van der Waals surface area contributed by atoms with Gasteiger partial charge in [-0.15, -0.1) is 0 Å². The Morgan fingerprint density at radius 3 is 2.61 bits per heavy atom. The van der Waals surface area contributed by atoms with Crippen LogP contribution in [0.25, 0.3) is 11.0 Å². The first-order valence-electron chi connectivity index (χ1n) is 11.6. The number of pyridine rings is 1. The molecule has 33 heavy (non-hydrogen) atoms. The maximum Gasteiger partial charge on any atom is 0.253 e. The number of aryl methyl sites for hydroxylation is 3. The van der Waals surface area contributed by atoms with Crippen molar-refractivity contribution in [2.75, 3.05) is 33.2 Å². The van der Waals surface area contributed by atoms with E-state index in [2.05, 4.69) is 50.4 Å². The Morgan fingerprint density at radius 2 is 1.85 bits per heavy atom. The summed E-state index contributed by atoms with van der Waals surface area (Å²) in [7, 11) is 3.98. The van der Waals surface area contributed by atoms with Crippen LogP contribution in [0.1, 0.15) is 34.4 Å². The predicted molar refractivity (Wildman–Crippen MR) is 130 cm³/mol. The SMILES string of the molecule is Cc1nn(C)c2[nH]c(=O)c(CCC(=O)NCc3cccc(CN4CCN(C)CC4)c3)c(C)c12. The first kappa shape index (κ1) is 23.2. The molecule has 1 aliphatic heterocycles. The summed E-state index contributed by atoms with van der Waals surface area (Å²) in [6.45, 7) is 9.67. The van der Waals surface area contributed by atoms with Crippen LogP contribution in [-0.4, -0.2) is 63.7 Å². The third-order valence-electron chi connectivity index (χ3n) is 6.64. The number of fused-ring (bicyclic) bond motifs is 1. The number of carbonyl (C=O) groups is 1. The highest BCUT2D eigenvalue weighted by atomic mass is 16.1. The van der Waals surface area contributed by atoms with Gasteiger partial charge in [0.2, 0.25) is 5.91 Å². The number of H-pyrrole nitrogens is 1. The van der Waals surface area contributed by atoms with E-state index in [4.69, 9.17) is 0 Å². The number of carbonyl (C=O) groups excluding carboxylic acids is 1. The van der Waals surface area contributed by atoms with E-state index in [1.807, 2.05) is 27.0 Å². The minimum atomic E-state index is -0.146. The number of rotatable bonds is 7. The van der Waals surface area contributed by atoms with E-state index in [9.17, 15) is 9.59 Å². The normalized spacial score (nSPS) is 15.3. The average molecular weight is 451 g/mol. The number of hydrogen-bond donors (Lipinski definition) is 2. The first-order chi connectivity index (χ1) is 15.8. The molecule has 0 atom stereocenters. The van der Waals surface area contributed by atoms with Crippen molar-refractivity contribution < 1.29 is 4.79 Å². The van der Waals surface area contributed by atoms with Gasteiger partial charge in [0, 0.05) is 63.7 Å². The summed E-state index contributed by atoms with van der Waals surface area (Å²) >= 11 is 0. The van der Waals surface area contributed by atoms with Crippen molar-refractivity contribution in [3.8, 4) is 0 Å². The van der Waals surface area contributed by atoms with Gasteiger partial charge in [0.1, 0.15) is 5.65 Å². The molecular weight excluding hydrogens is 416 g/mol. The summed E-state index contributed by atoms with van der Waals surface area (Å²) < 4.78 is 1.69. The monoisotopic (exact) mass is 450 g/mol. The molecule has 3 heterocycles. The van der Waals surface area contributed by atoms with Gasteiger partial charge in [0.25, 0.3) is 5.56 Å². The molecular formula is C25H34N6O2. The highest BCUT2D eigenvalue weighted by Gasteiger charge is 2.16. The Hall–Kier alpha value is -2.97. The number of aromatic amines is 1. The van der Waals surface area contributed by atoms with Crippen LogP contribution in [-0.2, 0) is 31.4 Å². The van der Waals surface area contributed by atoms with Crippen molar-refractivity contribution in [3.63, 3.8) is 0 Å². The lowest BCUT2D eigenvalue weighted by molar-refractivity contribution is -0.121. The summed E-state index contributed by atoms with van der Waals surface area (Å²) in [6, 6.07) is 8.42. The van der Waals surface area contributed by atoms with Gasteiger partial charge in [0.05, 0.1) is 5.69 Å². The van der Waals surface area contributed by atoms with Gasteiger partial charge in [-0.3, -0.25) is 19.2 Å². The zero-order valence-corrected chi connectivity index (χ0v) is 20.1. The van der Waals surface area contributed by atoms with Gasteiger partial charge in [-0.25, -0.2) is 0 Å². The summed E-state index contributed by atoms with van der Waals surface area (Å²) in [5.74, 6) is -0.0544. The second-order valence-corrected chi connectivity index (χ2v) is 9.17. The van der Waals surface area contributed by atoms with Gasteiger partial charge >= 0.3 is 0 Å². The standard InChI is InChI=1S/C25H34N6O2/c1-17-21(25(33)27-24-23(17)18(2)28-30(24)4)8-9-22(32)26-15-19-6-5-7-20(14-19)16-31-12-10-29(3)11-13-31/h5-7,14H,8-13,15-16H2,1-4H3,(H,26,32)(H,27,33). The van der Waals surface area contributed by atoms with E-state index in [0.29, 0.717) is 18.5 Å². The number of nitrogens with zero attached hydrogens (tertiary/aromatic N) is 4. The van der Waals surface area contributed by atoms with Crippen molar-refractivity contribution in [2.45, 2.75) is 39.8 Å². The highest BCUT2D eigenvalue weighted by molar-refractivity contribution is 5.83. The third kappa shape index (κ3) is 5.34. The smallest absolute Gasteiger partial charge is 0.253 e. The Bertz CT molecular complexity index is 1200. The maximum atomic E-state index is 12.6. The molecule has 1 fully saturated rings. The van der Waals surface area contributed by atoms with Crippen LogP contribution < -0.4 is 10.9 Å². The van der Waals surface area contributed by atoms with Crippen LogP contribution in [0.4, 0.5) is 0 Å². The van der Waals surface area contributed by atoms with Crippen molar-refractivity contribution in [2.24, 2.45) is 7.05 Å². The molecule has 8 heteroatoms. The molecule has 4 rings (SSSR count). The minimum absolute atomic E-state index is 0.0544. The van der Waals surface area contributed by atoms with Crippen LogP contribution in [0.2, 0.25) is 0 Å². The fraction of sp³-hybridized carbons (Fsp3) is 0.480. The molecule has 0 unspecified atom stereocenters. The zero-order chi connectivity index (χ0) is 23.5. The molecule has 3 aromatic rings. The lowest BCUT2D eigenvalue weighted by Crippen LogP contribution is -2.43. The first-order valence-corrected chi connectivity index (χ1v) is 11.6. The Balaban J connectivity index is 1.33. The summed E-state index contributed by atoms with van der Waals surface area (Å²) in [6.07, 6.45) is 0.677. The van der Waals surface area contributed by atoms with E-state index < -0.39 is 0 Å². The topological polar surface area (TPSA) is 86.3 Å². The molecule has 1 saturated heterocycles. The van der Waals surface area contributed by atoms with Gasteiger partial charge in [-0.2, -0.15) is 5.10 Å². The van der Waals surface area contributed by atoms with E-state index in [1.54, 1.807) is 4.68 Å². The molecule has 176 valence electrons. The molecule has 8 nitrogen and oxygen atoms in total. The lowest BCUT2D eigenvalue weighted by atomic mass is 10.0. The van der Waals surface area contributed by atoms with Gasteiger partial charge < -0.3 is 15.2 Å². The van der Waals surface area contributed by atoms with Gasteiger partial charge in [-0.05, 0) is 44.0 Å². The number of nitrogens with one attached hydrogen (secondary N) is 2. The molecule has 0 radical (unpaired) electrons. The second kappa shape index (κ2) is 9.89. The number of hydrogen-bond acceptors (Lipinski definition) is 5. The van der Waals surface area contributed by atoms with E-state index >= 15 is 0 Å². The molecule has 2 N–H and O–H groups in total. The molecule has 0 bridgehead atoms. The number of piperazine rings is 1. The molecule has 1 aliphatic rings. The van der Waals surface area contributed by atoms with Crippen LogP contribution in [0.15, 0.2) is 29.1 Å². The number of benzene rings is 1. The van der Waals surface area contributed by atoms with E-state index in [0.717, 1.165) is 60.6 Å². The lowest BCUT2D eigenvalue weighted by Gasteiger charge is -2.32. The number of likely N-dealkylation sites (N-methyl/N-ethyl adjacent to an activating group) is 1. The predicted octanol–water partition coefficient (Wildman–Crippen LogP) is 1.87. The quantitative estimate of drug-likeness (QED) is 0.574. The van der Waals surface area contributed by atoms with Crippen LogP contribution in [0.5, 0.6) is 0 Å². The number of amides is 1. The summed E-state index contributed by atoms with van der Waals surface area (Å²) in [5.41, 5.74) is 5.38. The van der Waals surface area contributed by atoms with Gasteiger partial charge in [-0.1, -0.05) is 24.3 Å². The fourth-order valence-corrected chi connectivity index (χ4v) is 4.69. The molecule has 2 aromatic heterocycles. The molecule has 1 aromatic carbocycles. The van der Waals surface area contributed by atoms with Crippen molar-refractivity contribution in [3.05, 3.63) is 62.6 Å². The Morgan fingerprint density at radius 1 is 1.12 bits per heavy atom. The van der Waals surface area contributed by atoms with Crippen LogP contribution >= 0.6 is 0 Å². The zero-order valence-electron chi connectivity index (χ0n) is 20.1. The molecule has 1 amide bonds. The summed E-state index contributed by atoms with van der Waals surface area (Å²) in [5, 5.41) is 8.37. The van der Waals surface area contributed by atoms with E-state index in [1.165, 1.54) is 5.56 Å². The molecule has 0 spiro atoms. The summed E-state index contributed by atoms with van der Waals surface area (Å²) in [4.78, 5) is 32.9. The van der Waals surface area contributed by atoms with E-state index in [-0.39, 0.29) is 17.9 Å². The largest absolute Gasteiger partial charge is 0.352 e. The third-order valence-corrected chi connectivity index (χ3v) is 6.64. The molecule has 0 aliphatic carbocycles. The van der Waals surface area contributed by atoms with Crippen molar-refractivity contribution >= 4 is 16.9 Å². The second-order valence-electron chi connectivity index (χ2n) is 9.17.